The Morgan fingerprint density at radius 2 is 1.50 bits per heavy atom. The number of nitrogens with one attached hydrogen (secondary N) is 1. The summed E-state index contributed by atoms with van der Waals surface area (Å²) in [5.74, 6) is -3.04. The molecule has 0 radical (unpaired) electrons. The number of benzene rings is 2. The van der Waals surface area contributed by atoms with Gasteiger partial charge in [-0.3, -0.25) is 0 Å². The second kappa shape index (κ2) is 5.31. The lowest BCUT2D eigenvalue weighted by Crippen LogP contribution is -2.03. The molecule has 0 fully saturated rings. The highest BCUT2D eigenvalue weighted by Crippen LogP contribution is 2.17. The van der Waals surface area contributed by atoms with Crippen LogP contribution in [0.4, 0.5) is 18.9 Å². The summed E-state index contributed by atoms with van der Waals surface area (Å²) in [6.45, 7) is 0.0602. The molecule has 0 aliphatic carbocycles. The van der Waals surface area contributed by atoms with Gasteiger partial charge in [0.05, 0.1) is 0 Å². The van der Waals surface area contributed by atoms with E-state index in [1.54, 1.807) is 24.3 Å². The fourth-order valence-corrected chi connectivity index (χ4v) is 1.59. The third-order valence-corrected chi connectivity index (χ3v) is 2.67. The molecule has 2 aromatic rings. The molecule has 1 N–H and O–H groups in total. The second-order valence-corrected chi connectivity index (χ2v) is 4.15. The Morgan fingerprint density at radius 3 is 2.17 bits per heavy atom. The van der Waals surface area contributed by atoms with Gasteiger partial charge in [0.15, 0.2) is 11.6 Å². The average Bonchev–Trinajstić information content (AvgIpc) is 2.34. The Labute approximate surface area is 107 Å². The van der Waals surface area contributed by atoms with Gasteiger partial charge in [0.1, 0.15) is 5.82 Å². The average molecular weight is 272 g/mol. The maximum Gasteiger partial charge on any atom is 0.161 e. The van der Waals surface area contributed by atoms with Crippen LogP contribution in [0, 0.1) is 17.5 Å². The molecule has 0 atom stereocenters. The van der Waals surface area contributed by atoms with E-state index in [2.05, 4.69) is 5.32 Å². The van der Waals surface area contributed by atoms with E-state index >= 15 is 0 Å². The van der Waals surface area contributed by atoms with Crippen LogP contribution < -0.4 is 5.32 Å². The molecule has 0 bridgehead atoms. The van der Waals surface area contributed by atoms with Gasteiger partial charge in [-0.1, -0.05) is 11.6 Å². The fourth-order valence-electron chi connectivity index (χ4n) is 1.46. The molecule has 5 heteroatoms. The summed E-state index contributed by atoms with van der Waals surface area (Å²) >= 11 is 5.71. The molecule has 0 saturated carbocycles. The molecule has 0 saturated heterocycles. The first-order valence-electron chi connectivity index (χ1n) is 5.19. The molecular formula is C13H9ClF3N. The standard InChI is InChI=1S/C13H9ClF3N/c14-9-1-3-10(4-2-9)18-7-8-5-12(16)13(17)6-11(8)15/h1-6,18H,7H2. The molecule has 2 aromatic carbocycles. The third-order valence-electron chi connectivity index (χ3n) is 2.42. The maximum absolute atomic E-state index is 13.3. The Bertz CT molecular complexity index is 555. The molecule has 0 aromatic heterocycles. The van der Waals surface area contributed by atoms with Crippen LogP contribution in [-0.2, 0) is 6.54 Å². The van der Waals surface area contributed by atoms with Gasteiger partial charge in [-0.25, -0.2) is 13.2 Å². The highest BCUT2D eigenvalue weighted by atomic mass is 35.5. The van der Waals surface area contributed by atoms with Crippen molar-refractivity contribution >= 4 is 17.3 Å². The van der Waals surface area contributed by atoms with E-state index in [9.17, 15) is 13.2 Å². The molecule has 0 unspecified atom stereocenters. The maximum atomic E-state index is 13.3. The Balaban J connectivity index is 2.10. The van der Waals surface area contributed by atoms with Crippen LogP contribution in [0.3, 0.4) is 0 Å². The zero-order chi connectivity index (χ0) is 13.1. The van der Waals surface area contributed by atoms with E-state index in [-0.39, 0.29) is 12.1 Å². The Morgan fingerprint density at radius 1 is 0.889 bits per heavy atom. The molecule has 0 aliphatic rings. The van der Waals surface area contributed by atoms with Crippen LogP contribution >= 0.6 is 11.6 Å². The first-order chi connectivity index (χ1) is 8.56. The van der Waals surface area contributed by atoms with Crippen LogP contribution in [0.1, 0.15) is 5.56 Å². The van der Waals surface area contributed by atoms with E-state index in [0.717, 1.165) is 6.07 Å². The van der Waals surface area contributed by atoms with E-state index in [1.165, 1.54) is 0 Å². The van der Waals surface area contributed by atoms with Gasteiger partial charge in [-0.15, -0.1) is 0 Å². The summed E-state index contributed by atoms with van der Waals surface area (Å²) < 4.78 is 39.0. The molecule has 94 valence electrons. The van der Waals surface area contributed by atoms with Crippen LogP contribution in [0.5, 0.6) is 0 Å². The van der Waals surface area contributed by atoms with Gasteiger partial charge in [0, 0.05) is 28.9 Å². The summed E-state index contributed by atoms with van der Waals surface area (Å²) in [7, 11) is 0. The number of halogens is 4. The lowest BCUT2D eigenvalue weighted by molar-refractivity contribution is 0.490. The summed E-state index contributed by atoms with van der Waals surface area (Å²) in [6, 6.07) is 8.14. The fraction of sp³-hybridized carbons (Fsp3) is 0.0769. The normalized spacial score (nSPS) is 10.4. The van der Waals surface area contributed by atoms with Crippen molar-refractivity contribution in [1.29, 1.82) is 0 Å². The van der Waals surface area contributed by atoms with Gasteiger partial charge in [0.2, 0.25) is 0 Å². The summed E-state index contributed by atoms with van der Waals surface area (Å²) in [5, 5.41) is 3.47. The third kappa shape index (κ3) is 2.96. The number of hydrogen-bond donors (Lipinski definition) is 1. The van der Waals surface area contributed by atoms with Crippen molar-refractivity contribution in [2.45, 2.75) is 6.54 Å². The van der Waals surface area contributed by atoms with Crippen molar-refractivity contribution in [2.24, 2.45) is 0 Å². The Hall–Kier alpha value is -1.68. The molecule has 18 heavy (non-hydrogen) atoms. The number of rotatable bonds is 3. The van der Waals surface area contributed by atoms with Crippen molar-refractivity contribution in [3.05, 3.63) is 64.4 Å². The molecule has 0 heterocycles. The first kappa shape index (κ1) is 12.8. The van der Waals surface area contributed by atoms with Crippen LogP contribution in [0.15, 0.2) is 36.4 Å². The molecule has 2 rings (SSSR count). The lowest BCUT2D eigenvalue weighted by atomic mass is 10.2. The molecular weight excluding hydrogens is 263 g/mol. The Kier molecular flexibility index (Phi) is 3.77. The smallest absolute Gasteiger partial charge is 0.161 e. The van der Waals surface area contributed by atoms with Crippen molar-refractivity contribution in [2.75, 3.05) is 5.32 Å². The topological polar surface area (TPSA) is 12.0 Å². The van der Waals surface area contributed by atoms with Gasteiger partial charge < -0.3 is 5.32 Å². The highest BCUT2D eigenvalue weighted by Gasteiger charge is 2.09. The predicted molar refractivity (Wildman–Crippen MR) is 65.1 cm³/mol. The predicted octanol–water partition coefficient (Wildman–Crippen LogP) is 4.37. The SMILES string of the molecule is Fc1cc(F)c(CNc2ccc(Cl)cc2)cc1F. The van der Waals surface area contributed by atoms with Gasteiger partial charge in [-0.05, 0) is 30.3 Å². The quantitative estimate of drug-likeness (QED) is 0.818. The van der Waals surface area contributed by atoms with Crippen molar-refractivity contribution in [1.82, 2.24) is 0 Å². The molecule has 0 spiro atoms. The molecule has 0 aliphatic heterocycles. The summed E-state index contributed by atoms with van der Waals surface area (Å²) in [6.07, 6.45) is 0. The van der Waals surface area contributed by atoms with Crippen LogP contribution in [-0.4, -0.2) is 0 Å². The first-order valence-corrected chi connectivity index (χ1v) is 5.57. The van der Waals surface area contributed by atoms with Gasteiger partial charge in [-0.2, -0.15) is 0 Å². The van der Waals surface area contributed by atoms with Crippen LogP contribution in [0.25, 0.3) is 0 Å². The van der Waals surface area contributed by atoms with Crippen molar-refractivity contribution in [3.63, 3.8) is 0 Å². The minimum absolute atomic E-state index is 0.0591. The molecule has 1 nitrogen and oxygen atoms in total. The van der Waals surface area contributed by atoms with Gasteiger partial charge >= 0.3 is 0 Å². The van der Waals surface area contributed by atoms with Gasteiger partial charge in [0.25, 0.3) is 0 Å². The minimum atomic E-state index is -1.19. The lowest BCUT2D eigenvalue weighted by Gasteiger charge is -2.08. The monoisotopic (exact) mass is 271 g/mol. The molecule has 0 amide bonds. The van der Waals surface area contributed by atoms with Crippen molar-refractivity contribution < 1.29 is 13.2 Å². The summed E-state index contributed by atoms with van der Waals surface area (Å²) in [5.41, 5.74) is 0.771. The van der Waals surface area contributed by atoms with Crippen molar-refractivity contribution in [3.8, 4) is 0 Å². The highest BCUT2D eigenvalue weighted by molar-refractivity contribution is 6.30. The number of anilines is 1. The number of hydrogen-bond acceptors (Lipinski definition) is 1. The second-order valence-electron chi connectivity index (χ2n) is 3.72. The van der Waals surface area contributed by atoms with Crippen LogP contribution in [0.2, 0.25) is 5.02 Å². The van der Waals surface area contributed by atoms with E-state index in [1.807, 2.05) is 0 Å². The van der Waals surface area contributed by atoms with E-state index in [0.29, 0.717) is 16.8 Å². The minimum Gasteiger partial charge on any atom is -0.381 e. The summed E-state index contributed by atoms with van der Waals surface area (Å²) in [4.78, 5) is 0. The van der Waals surface area contributed by atoms with E-state index in [4.69, 9.17) is 11.6 Å². The zero-order valence-electron chi connectivity index (χ0n) is 9.18. The zero-order valence-corrected chi connectivity index (χ0v) is 9.94. The van der Waals surface area contributed by atoms with E-state index < -0.39 is 17.5 Å². The largest absolute Gasteiger partial charge is 0.381 e.